The number of halogens is 1. The second-order valence-electron chi connectivity index (χ2n) is 4.12. The molecule has 1 heterocycles. The van der Waals surface area contributed by atoms with Gasteiger partial charge in [-0.05, 0) is 12.0 Å². The van der Waals surface area contributed by atoms with E-state index in [9.17, 15) is 4.79 Å². The number of piperidine rings is 1. The van der Waals surface area contributed by atoms with Gasteiger partial charge < -0.3 is 4.90 Å². The molecule has 1 saturated heterocycles. The van der Waals surface area contributed by atoms with E-state index in [1.54, 1.807) is 0 Å². The molecule has 88 valence electrons. The van der Waals surface area contributed by atoms with Crippen LogP contribution in [0.1, 0.15) is 18.4 Å². The van der Waals surface area contributed by atoms with Crippen molar-refractivity contribution in [3.8, 4) is 0 Å². The number of carbonyl (C=O) groups excluding carboxylic acids is 1. The number of hydrogen-bond donors (Lipinski definition) is 0. The number of rotatable bonds is 3. The first kappa shape index (κ1) is 13.2. The van der Waals surface area contributed by atoms with Crippen LogP contribution in [0.3, 0.4) is 0 Å². The molecule has 2 nitrogen and oxygen atoms in total. The van der Waals surface area contributed by atoms with Gasteiger partial charge in [0.25, 0.3) is 0 Å². The van der Waals surface area contributed by atoms with E-state index < -0.39 is 0 Å². The molecule has 0 bridgehead atoms. The van der Waals surface area contributed by atoms with Crippen molar-refractivity contribution >= 4 is 18.2 Å². The first-order valence-electron chi connectivity index (χ1n) is 5.62. The first-order chi connectivity index (χ1) is 7.34. The minimum absolute atomic E-state index is 0. The topological polar surface area (TPSA) is 20.3 Å². The van der Waals surface area contributed by atoms with Crippen LogP contribution in [0.4, 0.5) is 0 Å². The van der Waals surface area contributed by atoms with Crippen molar-refractivity contribution in [2.45, 2.75) is 19.3 Å². The lowest BCUT2D eigenvalue weighted by Gasteiger charge is -2.25. The van der Waals surface area contributed by atoms with Gasteiger partial charge in [0, 0.05) is 32.5 Å². The van der Waals surface area contributed by atoms with Crippen molar-refractivity contribution in [1.82, 2.24) is 4.90 Å². The molecule has 0 atom stereocenters. The highest BCUT2D eigenvalue weighted by atomic mass is 35.5. The molecule has 0 aliphatic carbocycles. The van der Waals surface area contributed by atoms with Crippen LogP contribution in [0.2, 0.25) is 0 Å². The zero-order valence-corrected chi connectivity index (χ0v) is 10.2. The molecule has 0 amide bonds. The second-order valence-corrected chi connectivity index (χ2v) is 4.12. The Morgan fingerprint density at radius 3 is 2.31 bits per heavy atom. The van der Waals surface area contributed by atoms with Crippen LogP contribution in [-0.4, -0.2) is 30.3 Å². The molecule has 3 heteroatoms. The molecule has 0 saturated carbocycles. The molecule has 1 aliphatic rings. The predicted octanol–water partition coefficient (Wildman–Crippen LogP) is 2.32. The second kappa shape index (κ2) is 6.66. The van der Waals surface area contributed by atoms with Gasteiger partial charge in [-0.3, -0.25) is 4.79 Å². The first-order valence-corrected chi connectivity index (χ1v) is 5.62. The van der Waals surface area contributed by atoms with Crippen molar-refractivity contribution in [1.29, 1.82) is 0 Å². The fourth-order valence-corrected chi connectivity index (χ4v) is 1.96. The van der Waals surface area contributed by atoms with E-state index in [4.69, 9.17) is 0 Å². The summed E-state index contributed by atoms with van der Waals surface area (Å²) in [5.74, 6) is 0.422. The van der Waals surface area contributed by atoms with Gasteiger partial charge in [0.15, 0.2) is 0 Å². The number of nitrogens with zero attached hydrogens (tertiary/aromatic N) is 1. The Balaban J connectivity index is 0.00000128. The molecule has 1 aliphatic heterocycles. The summed E-state index contributed by atoms with van der Waals surface area (Å²) in [5, 5.41) is 0. The highest BCUT2D eigenvalue weighted by Crippen LogP contribution is 2.07. The molecule has 2 rings (SSSR count). The average molecular weight is 240 g/mol. The molecule has 0 spiro atoms. The van der Waals surface area contributed by atoms with Gasteiger partial charge in [0.1, 0.15) is 5.78 Å². The SMILES string of the molecule is Cl.O=C1CCN(CCc2ccccc2)CC1. The predicted molar refractivity (Wildman–Crippen MR) is 68.1 cm³/mol. The normalized spacial score (nSPS) is 16.9. The summed E-state index contributed by atoms with van der Waals surface area (Å²) >= 11 is 0. The fraction of sp³-hybridized carbons (Fsp3) is 0.462. The number of carbonyl (C=O) groups is 1. The number of benzene rings is 1. The monoisotopic (exact) mass is 239 g/mol. The summed E-state index contributed by atoms with van der Waals surface area (Å²) in [6, 6.07) is 10.5. The lowest BCUT2D eigenvalue weighted by molar-refractivity contribution is -0.121. The van der Waals surface area contributed by atoms with Crippen LogP contribution in [0.5, 0.6) is 0 Å². The maximum Gasteiger partial charge on any atom is 0.135 e. The Morgan fingerprint density at radius 2 is 1.69 bits per heavy atom. The summed E-state index contributed by atoms with van der Waals surface area (Å²) < 4.78 is 0. The molecular formula is C13H18ClNO. The number of ketones is 1. The Morgan fingerprint density at radius 1 is 1.06 bits per heavy atom. The average Bonchev–Trinajstić information content (AvgIpc) is 2.30. The van der Waals surface area contributed by atoms with Crippen molar-refractivity contribution in [3.63, 3.8) is 0 Å². The van der Waals surface area contributed by atoms with Gasteiger partial charge in [-0.1, -0.05) is 30.3 Å². The van der Waals surface area contributed by atoms with Gasteiger partial charge >= 0.3 is 0 Å². The fourth-order valence-electron chi connectivity index (χ4n) is 1.96. The summed E-state index contributed by atoms with van der Waals surface area (Å²) in [5.41, 5.74) is 1.38. The van der Waals surface area contributed by atoms with E-state index in [0.717, 1.165) is 38.9 Å². The molecule has 1 fully saturated rings. The molecular weight excluding hydrogens is 222 g/mol. The third-order valence-corrected chi connectivity index (χ3v) is 2.97. The van der Waals surface area contributed by atoms with Gasteiger partial charge in [-0.15, -0.1) is 12.4 Å². The number of likely N-dealkylation sites (tertiary alicyclic amines) is 1. The van der Waals surface area contributed by atoms with Crippen molar-refractivity contribution in [2.24, 2.45) is 0 Å². The van der Waals surface area contributed by atoms with E-state index in [1.807, 2.05) is 6.07 Å². The summed E-state index contributed by atoms with van der Waals surface area (Å²) in [7, 11) is 0. The highest BCUT2D eigenvalue weighted by Gasteiger charge is 2.15. The zero-order valence-electron chi connectivity index (χ0n) is 9.39. The Kier molecular flexibility index (Phi) is 5.50. The highest BCUT2D eigenvalue weighted by molar-refractivity contribution is 5.85. The van der Waals surface area contributed by atoms with E-state index in [-0.39, 0.29) is 12.4 Å². The lowest BCUT2D eigenvalue weighted by atomic mass is 10.1. The van der Waals surface area contributed by atoms with Crippen LogP contribution in [0.25, 0.3) is 0 Å². The van der Waals surface area contributed by atoms with Crippen LogP contribution >= 0.6 is 12.4 Å². The van der Waals surface area contributed by atoms with Gasteiger partial charge in [0.05, 0.1) is 0 Å². The van der Waals surface area contributed by atoms with Crippen molar-refractivity contribution in [2.75, 3.05) is 19.6 Å². The van der Waals surface area contributed by atoms with Gasteiger partial charge in [-0.25, -0.2) is 0 Å². The maximum absolute atomic E-state index is 11.1. The maximum atomic E-state index is 11.1. The third-order valence-electron chi connectivity index (χ3n) is 2.97. The van der Waals surface area contributed by atoms with Crippen molar-refractivity contribution in [3.05, 3.63) is 35.9 Å². The van der Waals surface area contributed by atoms with Crippen molar-refractivity contribution < 1.29 is 4.79 Å². The van der Waals surface area contributed by atoms with E-state index in [0.29, 0.717) is 5.78 Å². The largest absolute Gasteiger partial charge is 0.302 e. The Labute approximate surface area is 103 Å². The van der Waals surface area contributed by atoms with Crippen LogP contribution < -0.4 is 0 Å². The molecule has 1 aromatic carbocycles. The lowest BCUT2D eigenvalue weighted by Crippen LogP contribution is -2.35. The van der Waals surface area contributed by atoms with Crippen LogP contribution in [0, 0.1) is 0 Å². The standard InChI is InChI=1S/C13H17NO.ClH/c15-13-7-10-14(11-8-13)9-6-12-4-2-1-3-5-12;/h1-5H,6-11H2;1H. The minimum atomic E-state index is 0. The quantitative estimate of drug-likeness (QED) is 0.807. The molecule has 0 aromatic heterocycles. The van der Waals surface area contributed by atoms with E-state index in [1.165, 1.54) is 5.56 Å². The zero-order chi connectivity index (χ0) is 10.5. The van der Waals surface area contributed by atoms with Gasteiger partial charge in [0.2, 0.25) is 0 Å². The summed E-state index contributed by atoms with van der Waals surface area (Å²) in [6.07, 6.45) is 2.58. The summed E-state index contributed by atoms with van der Waals surface area (Å²) in [4.78, 5) is 13.4. The minimum Gasteiger partial charge on any atom is -0.302 e. The summed E-state index contributed by atoms with van der Waals surface area (Å²) in [6.45, 7) is 2.98. The van der Waals surface area contributed by atoms with E-state index in [2.05, 4.69) is 29.2 Å². The Bertz CT molecular complexity index is 316. The molecule has 0 radical (unpaired) electrons. The van der Waals surface area contributed by atoms with Gasteiger partial charge in [-0.2, -0.15) is 0 Å². The smallest absolute Gasteiger partial charge is 0.135 e. The molecule has 16 heavy (non-hydrogen) atoms. The molecule has 0 unspecified atom stereocenters. The third kappa shape index (κ3) is 3.95. The number of hydrogen-bond acceptors (Lipinski definition) is 2. The van der Waals surface area contributed by atoms with Crippen LogP contribution in [0.15, 0.2) is 30.3 Å². The molecule has 0 N–H and O–H groups in total. The number of Topliss-reactive ketones (excluding diaryl/α,β-unsaturated/α-hetero) is 1. The van der Waals surface area contributed by atoms with Crippen LogP contribution in [-0.2, 0) is 11.2 Å². The van der Waals surface area contributed by atoms with E-state index >= 15 is 0 Å². The molecule has 1 aromatic rings. The Hall–Kier alpha value is -0.860.